The van der Waals surface area contributed by atoms with Crippen LogP contribution in [0.5, 0.6) is 0 Å². The fourth-order valence-corrected chi connectivity index (χ4v) is 0.554. The maximum Gasteiger partial charge on any atom is 0.235 e. The third kappa shape index (κ3) is 4.04. The van der Waals surface area contributed by atoms with E-state index in [-0.39, 0.29) is 12.6 Å². The van der Waals surface area contributed by atoms with Crippen LogP contribution in [0.3, 0.4) is 0 Å². The second-order valence-electron chi connectivity index (χ2n) is 1.49. The maximum absolute atomic E-state index is 9.67. The standard InChI is InChI=1S/C5H6N2O2S/c8-3-6-1-5(2-10)7-4-9/h5,10H,1-2H2. The summed E-state index contributed by atoms with van der Waals surface area (Å²) in [6, 6.07) is -0.345. The molecule has 0 aliphatic rings. The molecule has 0 aromatic carbocycles. The molecule has 10 heavy (non-hydrogen) atoms. The van der Waals surface area contributed by atoms with Crippen LogP contribution < -0.4 is 0 Å². The highest BCUT2D eigenvalue weighted by Gasteiger charge is 2.00. The molecule has 0 aliphatic carbocycles. The number of thiol groups is 1. The van der Waals surface area contributed by atoms with Gasteiger partial charge in [-0.2, -0.15) is 17.6 Å². The van der Waals surface area contributed by atoms with Crippen LogP contribution in [-0.2, 0) is 9.59 Å². The first-order valence-electron chi connectivity index (χ1n) is 2.56. The molecule has 0 radical (unpaired) electrons. The molecule has 54 valence electrons. The minimum absolute atomic E-state index is 0.155. The zero-order valence-corrected chi connectivity index (χ0v) is 6.04. The van der Waals surface area contributed by atoms with Gasteiger partial charge < -0.3 is 0 Å². The lowest BCUT2D eigenvalue weighted by atomic mass is 10.4. The zero-order valence-electron chi connectivity index (χ0n) is 5.15. The first-order valence-corrected chi connectivity index (χ1v) is 3.20. The highest BCUT2D eigenvalue weighted by Crippen LogP contribution is 1.92. The quantitative estimate of drug-likeness (QED) is 0.354. The molecule has 1 unspecified atom stereocenters. The number of hydrogen-bond donors (Lipinski definition) is 1. The monoisotopic (exact) mass is 158 g/mol. The molecule has 1 atom stereocenters. The highest BCUT2D eigenvalue weighted by atomic mass is 32.1. The first kappa shape index (κ1) is 9.11. The van der Waals surface area contributed by atoms with Crippen molar-refractivity contribution >= 4 is 24.8 Å². The predicted octanol–water partition coefficient (Wildman–Crippen LogP) is -0.0436. The second-order valence-corrected chi connectivity index (χ2v) is 1.85. The molecular formula is C5H6N2O2S. The van der Waals surface area contributed by atoms with Gasteiger partial charge in [0.25, 0.3) is 0 Å². The van der Waals surface area contributed by atoms with E-state index >= 15 is 0 Å². The van der Waals surface area contributed by atoms with Gasteiger partial charge in [0.1, 0.15) is 0 Å². The van der Waals surface area contributed by atoms with Gasteiger partial charge in [-0.25, -0.2) is 14.6 Å². The van der Waals surface area contributed by atoms with E-state index in [0.717, 1.165) is 0 Å². The average Bonchev–Trinajstić information content (AvgIpc) is 1.98. The maximum atomic E-state index is 9.67. The van der Waals surface area contributed by atoms with E-state index in [2.05, 4.69) is 22.6 Å². The predicted molar refractivity (Wildman–Crippen MR) is 38.8 cm³/mol. The highest BCUT2D eigenvalue weighted by molar-refractivity contribution is 7.80. The summed E-state index contributed by atoms with van der Waals surface area (Å²) in [6.07, 6.45) is 2.71. The van der Waals surface area contributed by atoms with Crippen molar-refractivity contribution in [2.75, 3.05) is 12.3 Å². The third-order valence-electron chi connectivity index (χ3n) is 0.813. The van der Waals surface area contributed by atoms with Gasteiger partial charge in [-0.3, -0.25) is 0 Å². The fourth-order valence-electron chi connectivity index (χ4n) is 0.357. The molecule has 0 saturated carbocycles. The Kier molecular flexibility index (Phi) is 5.68. The van der Waals surface area contributed by atoms with Crippen LogP contribution in [0.2, 0.25) is 0 Å². The van der Waals surface area contributed by atoms with Crippen molar-refractivity contribution in [1.29, 1.82) is 0 Å². The normalized spacial score (nSPS) is 10.9. The van der Waals surface area contributed by atoms with Crippen LogP contribution in [-0.4, -0.2) is 30.5 Å². The summed E-state index contributed by atoms with van der Waals surface area (Å²) in [4.78, 5) is 25.8. The number of carbonyl (C=O) groups excluding carboxylic acids is 2. The molecule has 0 fully saturated rings. The summed E-state index contributed by atoms with van der Waals surface area (Å²) in [7, 11) is 0. The van der Waals surface area contributed by atoms with Crippen LogP contribution in [0, 0.1) is 0 Å². The Bertz CT molecular complexity index is 182. The van der Waals surface area contributed by atoms with E-state index < -0.39 is 0 Å². The minimum Gasteiger partial charge on any atom is -0.211 e. The van der Waals surface area contributed by atoms with Gasteiger partial charge in [-0.15, -0.1) is 0 Å². The summed E-state index contributed by atoms with van der Waals surface area (Å²) in [5.74, 6) is 0.375. The van der Waals surface area contributed by atoms with Crippen LogP contribution in [0.25, 0.3) is 0 Å². The molecule has 5 heteroatoms. The molecule has 0 heterocycles. The van der Waals surface area contributed by atoms with Crippen LogP contribution in [0.15, 0.2) is 9.98 Å². The smallest absolute Gasteiger partial charge is 0.211 e. The van der Waals surface area contributed by atoms with Crippen molar-refractivity contribution in [3.8, 4) is 0 Å². The molecule has 0 saturated heterocycles. The summed E-state index contributed by atoms with van der Waals surface area (Å²) in [6.45, 7) is 0.155. The van der Waals surface area contributed by atoms with Gasteiger partial charge in [0.05, 0.1) is 12.6 Å². The first-order chi connectivity index (χ1) is 4.85. The van der Waals surface area contributed by atoms with E-state index in [1.807, 2.05) is 0 Å². The van der Waals surface area contributed by atoms with Crippen molar-refractivity contribution in [1.82, 2.24) is 0 Å². The number of hydrogen-bond acceptors (Lipinski definition) is 5. The van der Waals surface area contributed by atoms with Gasteiger partial charge in [0.2, 0.25) is 12.2 Å². The van der Waals surface area contributed by atoms with Crippen molar-refractivity contribution in [3.05, 3.63) is 0 Å². The van der Waals surface area contributed by atoms with Gasteiger partial charge in [0.15, 0.2) is 0 Å². The molecule has 0 bridgehead atoms. The zero-order chi connectivity index (χ0) is 7.82. The Balaban J connectivity index is 3.81. The van der Waals surface area contributed by atoms with Gasteiger partial charge in [-0.1, -0.05) is 0 Å². The van der Waals surface area contributed by atoms with Crippen molar-refractivity contribution in [2.45, 2.75) is 6.04 Å². The fraction of sp³-hybridized carbons (Fsp3) is 0.600. The minimum atomic E-state index is -0.345. The Morgan fingerprint density at radius 3 is 2.50 bits per heavy atom. The van der Waals surface area contributed by atoms with Gasteiger partial charge >= 0.3 is 0 Å². The lowest BCUT2D eigenvalue weighted by molar-refractivity contribution is 0.555. The third-order valence-corrected chi connectivity index (χ3v) is 1.23. The van der Waals surface area contributed by atoms with Crippen molar-refractivity contribution in [2.24, 2.45) is 9.98 Å². The van der Waals surface area contributed by atoms with E-state index in [9.17, 15) is 9.59 Å². The van der Waals surface area contributed by atoms with Gasteiger partial charge in [-0.05, 0) is 0 Å². The Morgan fingerprint density at radius 1 is 1.40 bits per heavy atom. The number of isocyanates is 2. The molecular weight excluding hydrogens is 152 g/mol. The van der Waals surface area contributed by atoms with Crippen LogP contribution in [0.1, 0.15) is 0 Å². The molecule has 4 nitrogen and oxygen atoms in total. The van der Waals surface area contributed by atoms with Crippen LogP contribution in [0.4, 0.5) is 0 Å². The Morgan fingerprint density at radius 2 is 2.10 bits per heavy atom. The Hall–Kier alpha value is -0.890. The number of nitrogens with zero attached hydrogens (tertiary/aromatic N) is 2. The van der Waals surface area contributed by atoms with Crippen molar-refractivity contribution < 1.29 is 9.59 Å². The summed E-state index contributed by atoms with van der Waals surface area (Å²) in [5, 5.41) is 0. The summed E-state index contributed by atoms with van der Waals surface area (Å²) >= 11 is 3.86. The van der Waals surface area contributed by atoms with Crippen molar-refractivity contribution in [3.63, 3.8) is 0 Å². The van der Waals surface area contributed by atoms with Crippen LogP contribution >= 0.6 is 12.6 Å². The molecule has 0 amide bonds. The molecule has 0 rings (SSSR count). The lowest BCUT2D eigenvalue weighted by Crippen LogP contribution is -2.09. The van der Waals surface area contributed by atoms with E-state index in [1.165, 1.54) is 12.2 Å². The molecule has 0 aromatic rings. The number of aliphatic imine (C=N–C) groups is 2. The van der Waals surface area contributed by atoms with Gasteiger partial charge in [0, 0.05) is 5.75 Å². The van der Waals surface area contributed by atoms with E-state index in [4.69, 9.17) is 0 Å². The largest absolute Gasteiger partial charge is 0.235 e. The molecule has 0 N–H and O–H groups in total. The molecule has 0 spiro atoms. The summed E-state index contributed by atoms with van der Waals surface area (Å²) < 4.78 is 0. The SMILES string of the molecule is O=C=NCC(CS)N=C=O. The molecule has 0 aromatic heterocycles. The number of rotatable bonds is 4. The topological polar surface area (TPSA) is 58.9 Å². The van der Waals surface area contributed by atoms with E-state index in [1.54, 1.807) is 0 Å². The second kappa shape index (κ2) is 6.23. The average molecular weight is 158 g/mol. The molecule has 0 aliphatic heterocycles. The lowest BCUT2D eigenvalue weighted by Gasteiger charge is -1.98. The summed E-state index contributed by atoms with van der Waals surface area (Å²) in [5.41, 5.74) is 0. The van der Waals surface area contributed by atoms with E-state index in [0.29, 0.717) is 5.75 Å². The Labute approximate surface area is 63.5 Å².